The molecule has 1 fully saturated rings. The fraction of sp³-hybridized carbons (Fsp3) is 0.185. The first-order valence-corrected chi connectivity index (χ1v) is 11.0. The number of rotatable bonds is 4. The molecular weight excluding hydrogens is 416 g/mol. The highest BCUT2D eigenvalue weighted by Crippen LogP contribution is 2.28. The van der Waals surface area contributed by atoms with Crippen molar-refractivity contribution in [3.8, 4) is 11.3 Å². The van der Waals surface area contributed by atoms with Crippen molar-refractivity contribution in [1.29, 1.82) is 0 Å². The van der Waals surface area contributed by atoms with E-state index in [1.807, 2.05) is 54.6 Å². The van der Waals surface area contributed by atoms with Crippen LogP contribution >= 0.6 is 0 Å². The van der Waals surface area contributed by atoms with E-state index in [4.69, 9.17) is 9.15 Å². The number of hydrogen-bond acceptors (Lipinski definition) is 5. The molecule has 4 aromatic rings. The molecule has 1 saturated heterocycles. The molecule has 33 heavy (non-hydrogen) atoms. The second kappa shape index (κ2) is 8.92. The third-order valence-corrected chi connectivity index (χ3v) is 5.91. The fourth-order valence-electron chi connectivity index (χ4n) is 4.15. The zero-order chi connectivity index (χ0) is 22.8. The van der Waals surface area contributed by atoms with Crippen LogP contribution in [0.1, 0.15) is 15.9 Å². The number of fused-ring (bicyclic) bond motifs is 1. The molecule has 6 heteroatoms. The summed E-state index contributed by atoms with van der Waals surface area (Å²) in [6.45, 7) is 4.75. The third-order valence-electron chi connectivity index (χ3n) is 5.91. The predicted octanol–water partition coefficient (Wildman–Crippen LogP) is 4.86. The number of benzene rings is 3. The summed E-state index contributed by atoms with van der Waals surface area (Å²) in [5, 5.41) is 3.35. The summed E-state index contributed by atoms with van der Waals surface area (Å²) in [5.74, 6) is 0.147. The van der Waals surface area contributed by atoms with E-state index in [1.54, 1.807) is 25.1 Å². The van der Waals surface area contributed by atoms with E-state index in [2.05, 4.69) is 10.2 Å². The molecule has 6 nitrogen and oxygen atoms in total. The van der Waals surface area contributed by atoms with Gasteiger partial charge >= 0.3 is 0 Å². The Morgan fingerprint density at radius 2 is 1.70 bits per heavy atom. The summed E-state index contributed by atoms with van der Waals surface area (Å²) in [7, 11) is 0. The molecule has 166 valence electrons. The predicted molar refractivity (Wildman–Crippen MR) is 130 cm³/mol. The minimum absolute atomic E-state index is 0.140. The molecular formula is C27H24N2O4. The van der Waals surface area contributed by atoms with Crippen molar-refractivity contribution in [2.24, 2.45) is 0 Å². The van der Waals surface area contributed by atoms with Crippen LogP contribution < -0.4 is 15.6 Å². The Kier molecular flexibility index (Phi) is 5.67. The molecule has 2 heterocycles. The SMILES string of the molecule is Cc1c(-c2ccccc2)oc2c(C(=O)Nc3cccc(N4CCOCC4)c3)cccc2c1=O. The van der Waals surface area contributed by atoms with Crippen molar-refractivity contribution < 1.29 is 13.9 Å². The molecule has 3 aromatic carbocycles. The number of morpholine rings is 1. The van der Waals surface area contributed by atoms with Gasteiger partial charge in [0.05, 0.1) is 24.2 Å². The molecule has 0 unspecified atom stereocenters. The molecule has 0 bridgehead atoms. The molecule has 1 aliphatic heterocycles. The van der Waals surface area contributed by atoms with Crippen LogP contribution in [0.2, 0.25) is 0 Å². The van der Waals surface area contributed by atoms with Crippen LogP contribution in [-0.2, 0) is 4.74 Å². The average molecular weight is 440 g/mol. The van der Waals surface area contributed by atoms with Crippen molar-refractivity contribution in [3.05, 3.63) is 94.1 Å². The molecule has 5 rings (SSSR count). The van der Waals surface area contributed by atoms with Gasteiger partial charge in [0.1, 0.15) is 5.76 Å². The van der Waals surface area contributed by atoms with Gasteiger partial charge in [0.2, 0.25) is 0 Å². The zero-order valence-corrected chi connectivity index (χ0v) is 18.3. The number of anilines is 2. The Balaban J connectivity index is 1.52. The second-order valence-electron chi connectivity index (χ2n) is 8.04. The number of nitrogens with zero attached hydrogens (tertiary/aromatic N) is 1. The van der Waals surface area contributed by atoms with E-state index in [9.17, 15) is 9.59 Å². The Bertz CT molecular complexity index is 1370. The van der Waals surface area contributed by atoms with E-state index in [0.29, 0.717) is 41.2 Å². The lowest BCUT2D eigenvalue weighted by Gasteiger charge is -2.29. The Hall–Kier alpha value is -3.90. The van der Waals surface area contributed by atoms with Gasteiger partial charge in [-0.3, -0.25) is 9.59 Å². The number of nitrogens with one attached hydrogen (secondary N) is 1. The van der Waals surface area contributed by atoms with E-state index < -0.39 is 0 Å². The Labute approximate surface area is 191 Å². The molecule has 0 aliphatic carbocycles. The molecule has 1 aromatic heterocycles. The molecule has 1 amide bonds. The van der Waals surface area contributed by atoms with E-state index >= 15 is 0 Å². The van der Waals surface area contributed by atoms with E-state index in [-0.39, 0.29) is 16.9 Å². The smallest absolute Gasteiger partial charge is 0.259 e. The van der Waals surface area contributed by atoms with E-state index in [1.165, 1.54) is 0 Å². The lowest BCUT2D eigenvalue weighted by Crippen LogP contribution is -2.36. The first-order chi connectivity index (χ1) is 16.1. The summed E-state index contributed by atoms with van der Waals surface area (Å²) in [6, 6.07) is 22.3. The van der Waals surface area contributed by atoms with Crippen molar-refractivity contribution in [2.45, 2.75) is 6.92 Å². The first kappa shape index (κ1) is 21.0. The maximum atomic E-state index is 13.3. The monoisotopic (exact) mass is 440 g/mol. The average Bonchev–Trinajstić information content (AvgIpc) is 2.87. The summed E-state index contributed by atoms with van der Waals surface area (Å²) in [4.78, 5) is 28.5. The van der Waals surface area contributed by atoms with Gasteiger partial charge in [0, 0.05) is 35.6 Å². The number of carbonyl (C=O) groups excluding carboxylic acids is 1. The van der Waals surface area contributed by atoms with Crippen LogP contribution in [-0.4, -0.2) is 32.2 Å². The van der Waals surface area contributed by atoms with Gasteiger partial charge in [-0.05, 0) is 37.3 Å². The fourth-order valence-corrected chi connectivity index (χ4v) is 4.15. The van der Waals surface area contributed by atoms with Crippen LogP contribution in [0, 0.1) is 6.92 Å². The summed E-state index contributed by atoms with van der Waals surface area (Å²) in [6.07, 6.45) is 0. The maximum Gasteiger partial charge on any atom is 0.259 e. The van der Waals surface area contributed by atoms with Crippen molar-refractivity contribution in [3.63, 3.8) is 0 Å². The lowest BCUT2D eigenvalue weighted by molar-refractivity contribution is 0.102. The molecule has 0 radical (unpaired) electrons. The molecule has 1 aliphatic rings. The number of ether oxygens (including phenoxy) is 1. The highest BCUT2D eigenvalue weighted by Gasteiger charge is 2.19. The lowest BCUT2D eigenvalue weighted by atomic mass is 10.0. The van der Waals surface area contributed by atoms with Gasteiger partial charge in [0.25, 0.3) is 5.91 Å². The van der Waals surface area contributed by atoms with Crippen LogP contribution in [0.15, 0.2) is 82.0 Å². The van der Waals surface area contributed by atoms with Gasteiger partial charge in [-0.15, -0.1) is 0 Å². The van der Waals surface area contributed by atoms with Gasteiger partial charge in [-0.2, -0.15) is 0 Å². The van der Waals surface area contributed by atoms with Crippen LogP contribution in [0.3, 0.4) is 0 Å². The number of hydrogen-bond donors (Lipinski definition) is 1. The zero-order valence-electron chi connectivity index (χ0n) is 18.3. The summed E-state index contributed by atoms with van der Waals surface area (Å²) in [5.41, 5.74) is 3.49. The van der Waals surface area contributed by atoms with Crippen molar-refractivity contribution in [2.75, 3.05) is 36.5 Å². The van der Waals surface area contributed by atoms with E-state index in [0.717, 1.165) is 24.3 Å². The third kappa shape index (κ3) is 4.13. The van der Waals surface area contributed by atoms with Gasteiger partial charge in [0.15, 0.2) is 11.0 Å². The molecule has 1 N–H and O–H groups in total. The quantitative estimate of drug-likeness (QED) is 0.491. The molecule has 0 spiro atoms. The van der Waals surface area contributed by atoms with Crippen molar-refractivity contribution >= 4 is 28.3 Å². The van der Waals surface area contributed by atoms with Crippen LogP contribution in [0.5, 0.6) is 0 Å². The highest BCUT2D eigenvalue weighted by molar-refractivity contribution is 6.11. The van der Waals surface area contributed by atoms with Crippen molar-refractivity contribution in [1.82, 2.24) is 0 Å². The van der Waals surface area contributed by atoms with Gasteiger partial charge < -0.3 is 19.4 Å². The maximum absolute atomic E-state index is 13.3. The van der Waals surface area contributed by atoms with Gasteiger partial charge in [-0.1, -0.05) is 42.5 Å². The minimum atomic E-state index is -0.328. The number of amides is 1. The summed E-state index contributed by atoms with van der Waals surface area (Å²) >= 11 is 0. The minimum Gasteiger partial charge on any atom is -0.455 e. The second-order valence-corrected chi connectivity index (χ2v) is 8.04. The van der Waals surface area contributed by atoms with Crippen LogP contribution in [0.4, 0.5) is 11.4 Å². The number of para-hydroxylation sites is 1. The number of carbonyl (C=O) groups is 1. The standard InChI is InChI=1S/C27H24N2O4/c1-18-24(30)22-11-6-12-23(26(22)33-25(18)19-7-3-2-4-8-19)27(31)28-20-9-5-10-21(17-20)29-13-15-32-16-14-29/h2-12,17H,13-16H2,1H3,(H,28,31). The molecule has 0 saturated carbocycles. The van der Waals surface area contributed by atoms with Crippen LogP contribution in [0.25, 0.3) is 22.3 Å². The first-order valence-electron chi connectivity index (χ1n) is 11.0. The highest BCUT2D eigenvalue weighted by atomic mass is 16.5. The Morgan fingerprint density at radius 1 is 0.939 bits per heavy atom. The Morgan fingerprint density at radius 3 is 2.48 bits per heavy atom. The molecule has 0 atom stereocenters. The topological polar surface area (TPSA) is 71.8 Å². The largest absolute Gasteiger partial charge is 0.455 e. The summed E-state index contributed by atoms with van der Waals surface area (Å²) < 4.78 is 11.6. The normalized spacial score (nSPS) is 13.8. The van der Waals surface area contributed by atoms with Gasteiger partial charge in [-0.25, -0.2) is 0 Å².